The van der Waals surface area contributed by atoms with E-state index < -0.39 is 23.2 Å². The molecular formula is C6H2BrF3O. The zero-order valence-corrected chi connectivity index (χ0v) is 6.62. The highest BCUT2D eigenvalue weighted by Crippen LogP contribution is 2.27. The third kappa shape index (κ3) is 1.33. The Morgan fingerprint density at radius 1 is 1.09 bits per heavy atom. The summed E-state index contributed by atoms with van der Waals surface area (Å²) in [7, 11) is 0. The SMILES string of the molecule is Oc1cc(Br)c(F)c(F)c1F. The van der Waals surface area contributed by atoms with Crippen molar-refractivity contribution < 1.29 is 18.3 Å². The third-order valence-electron chi connectivity index (χ3n) is 1.08. The van der Waals surface area contributed by atoms with Gasteiger partial charge in [-0.05, 0) is 15.9 Å². The molecular weight excluding hydrogens is 225 g/mol. The molecule has 0 aliphatic rings. The maximum absolute atomic E-state index is 12.4. The Morgan fingerprint density at radius 3 is 2.18 bits per heavy atom. The highest BCUT2D eigenvalue weighted by Gasteiger charge is 2.16. The Kier molecular flexibility index (Phi) is 2.08. The second-order valence-corrected chi connectivity index (χ2v) is 2.67. The topological polar surface area (TPSA) is 20.2 Å². The van der Waals surface area contributed by atoms with Gasteiger partial charge in [0.2, 0.25) is 5.82 Å². The first-order valence-corrected chi connectivity index (χ1v) is 3.35. The zero-order valence-electron chi connectivity index (χ0n) is 5.04. The average Bonchev–Trinajstić information content (AvgIpc) is 1.97. The van der Waals surface area contributed by atoms with E-state index in [1.165, 1.54) is 0 Å². The van der Waals surface area contributed by atoms with Gasteiger partial charge in [-0.15, -0.1) is 0 Å². The van der Waals surface area contributed by atoms with Crippen molar-refractivity contribution in [1.29, 1.82) is 0 Å². The van der Waals surface area contributed by atoms with Crippen LogP contribution >= 0.6 is 15.9 Å². The van der Waals surface area contributed by atoms with Crippen LogP contribution in [-0.2, 0) is 0 Å². The average molecular weight is 227 g/mol. The molecule has 0 radical (unpaired) electrons. The summed E-state index contributed by atoms with van der Waals surface area (Å²) in [5.74, 6) is -5.53. The normalized spacial score (nSPS) is 10.2. The summed E-state index contributed by atoms with van der Waals surface area (Å²) in [5.41, 5.74) is 0. The largest absolute Gasteiger partial charge is 0.505 e. The first kappa shape index (κ1) is 8.39. The molecule has 5 heteroatoms. The molecule has 0 amide bonds. The molecule has 0 saturated carbocycles. The van der Waals surface area contributed by atoms with Gasteiger partial charge in [-0.1, -0.05) is 0 Å². The van der Waals surface area contributed by atoms with Crippen LogP contribution in [0.2, 0.25) is 0 Å². The number of halogens is 4. The van der Waals surface area contributed by atoms with Crippen molar-refractivity contribution in [3.63, 3.8) is 0 Å². The van der Waals surface area contributed by atoms with Gasteiger partial charge >= 0.3 is 0 Å². The summed E-state index contributed by atoms with van der Waals surface area (Å²) in [6.45, 7) is 0. The van der Waals surface area contributed by atoms with Crippen LogP contribution in [0.25, 0.3) is 0 Å². The number of hydrogen-bond acceptors (Lipinski definition) is 1. The summed E-state index contributed by atoms with van der Waals surface area (Å²) in [6, 6.07) is 0.744. The standard InChI is InChI=1S/C6H2BrF3O/c7-2-1-3(11)5(9)6(10)4(2)8/h1,11H. The van der Waals surface area contributed by atoms with Crippen LogP contribution in [0.15, 0.2) is 10.5 Å². The van der Waals surface area contributed by atoms with E-state index in [0.717, 1.165) is 6.07 Å². The molecule has 0 aromatic heterocycles. The molecule has 1 aromatic rings. The fourth-order valence-electron chi connectivity index (χ4n) is 0.560. The molecule has 60 valence electrons. The van der Waals surface area contributed by atoms with Gasteiger partial charge in [0.1, 0.15) is 0 Å². The lowest BCUT2D eigenvalue weighted by Gasteiger charge is -1.99. The first-order valence-electron chi connectivity index (χ1n) is 2.56. The predicted molar refractivity (Wildman–Crippen MR) is 35.7 cm³/mol. The van der Waals surface area contributed by atoms with Crippen molar-refractivity contribution in [2.24, 2.45) is 0 Å². The van der Waals surface area contributed by atoms with Crippen molar-refractivity contribution in [3.8, 4) is 5.75 Å². The molecule has 1 N–H and O–H groups in total. The molecule has 1 aromatic carbocycles. The molecule has 0 saturated heterocycles. The summed E-state index contributed by atoms with van der Waals surface area (Å²) < 4.78 is 36.7. The Balaban J connectivity index is 3.46. The van der Waals surface area contributed by atoms with Crippen LogP contribution < -0.4 is 0 Å². The summed E-state index contributed by atoms with van der Waals surface area (Å²) in [5, 5.41) is 8.59. The molecule has 0 unspecified atom stereocenters. The second kappa shape index (κ2) is 2.73. The first-order chi connectivity index (χ1) is 5.04. The van der Waals surface area contributed by atoms with E-state index in [1.807, 2.05) is 0 Å². The Labute approximate surface area is 68.6 Å². The minimum Gasteiger partial charge on any atom is -0.505 e. The van der Waals surface area contributed by atoms with Crippen LogP contribution in [0.1, 0.15) is 0 Å². The fraction of sp³-hybridized carbons (Fsp3) is 0. The van der Waals surface area contributed by atoms with E-state index in [2.05, 4.69) is 15.9 Å². The number of hydrogen-bond donors (Lipinski definition) is 1. The van der Waals surface area contributed by atoms with Crippen LogP contribution in [0, 0.1) is 17.5 Å². The number of benzene rings is 1. The van der Waals surface area contributed by atoms with E-state index in [1.54, 1.807) is 0 Å². The van der Waals surface area contributed by atoms with Crippen LogP contribution in [-0.4, -0.2) is 5.11 Å². The molecule has 11 heavy (non-hydrogen) atoms. The maximum Gasteiger partial charge on any atom is 0.203 e. The second-order valence-electron chi connectivity index (χ2n) is 1.82. The Hall–Kier alpha value is -0.710. The zero-order chi connectivity index (χ0) is 8.59. The van der Waals surface area contributed by atoms with Gasteiger partial charge in [-0.2, -0.15) is 4.39 Å². The molecule has 0 spiro atoms. The lowest BCUT2D eigenvalue weighted by Crippen LogP contribution is -1.91. The molecule has 0 aliphatic carbocycles. The van der Waals surface area contributed by atoms with Gasteiger partial charge in [0.15, 0.2) is 17.4 Å². The van der Waals surface area contributed by atoms with Crippen molar-refractivity contribution >= 4 is 15.9 Å². The van der Waals surface area contributed by atoms with Gasteiger partial charge in [0.05, 0.1) is 4.47 Å². The molecule has 0 bridgehead atoms. The van der Waals surface area contributed by atoms with Crippen molar-refractivity contribution in [3.05, 3.63) is 28.0 Å². The lowest BCUT2D eigenvalue weighted by molar-refractivity contribution is 0.385. The minimum absolute atomic E-state index is 0.311. The highest BCUT2D eigenvalue weighted by atomic mass is 79.9. The Bertz CT molecular complexity index is 274. The number of aromatic hydroxyl groups is 1. The van der Waals surface area contributed by atoms with Gasteiger partial charge < -0.3 is 5.11 Å². The lowest BCUT2D eigenvalue weighted by atomic mass is 10.3. The number of rotatable bonds is 0. The van der Waals surface area contributed by atoms with E-state index in [0.29, 0.717) is 0 Å². The van der Waals surface area contributed by atoms with Crippen LogP contribution in [0.3, 0.4) is 0 Å². The monoisotopic (exact) mass is 226 g/mol. The number of phenolic OH excluding ortho intramolecular Hbond substituents is 1. The molecule has 0 fully saturated rings. The maximum atomic E-state index is 12.4. The molecule has 0 atom stereocenters. The quantitative estimate of drug-likeness (QED) is 0.533. The van der Waals surface area contributed by atoms with Gasteiger partial charge in [-0.25, -0.2) is 8.78 Å². The molecule has 0 aliphatic heterocycles. The summed E-state index contributed by atoms with van der Waals surface area (Å²) >= 11 is 2.59. The van der Waals surface area contributed by atoms with Crippen molar-refractivity contribution in [2.45, 2.75) is 0 Å². The van der Waals surface area contributed by atoms with E-state index in [9.17, 15) is 13.2 Å². The van der Waals surface area contributed by atoms with Gasteiger partial charge in [0, 0.05) is 6.07 Å². The van der Waals surface area contributed by atoms with E-state index in [4.69, 9.17) is 5.11 Å². The molecule has 1 rings (SSSR count). The van der Waals surface area contributed by atoms with Gasteiger partial charge in [-0.3, -0.25) is 0 Å². The third-order valence-corrected chi connectivity index (χ3v) is 1.66. The Morgan fingerprint density at radius 2 is 1.64 bits per heavy atom. The van der Waals surface area contributed by atoms with E-state index in [-0.39, 0.29) is 4.47 Å². The van der Waals surface area contributed by atoms with Crippen molar-refractivity contribution in [2.75, 3.05) is 0 Å². The highest BCUT2D eigenvalue weighted by molar-refractivity contribution is 9.10. The minimum atomic E-state index is -1.68. The molecule has 0 heterocycles. The van der Waals surface area contributed by atoms with Crippen LogP contribution in [0.5, 0.6) is 5.75 Å². The predicted octanol–water partition coefficient (Wildman–Crippen LogP) is 2.57. The smallest absolute Gasteiger partial charge is 0.203 e. The summed E-state index contributed by atoms with van der Waals surface area (Å²) in [6.07, 6.45) is 0. The van der Waals surface area contributed by atoms with E-state index >= 15 is 0 Å². The number of phenols is 1. The fourth-order valence-corrected chi connectivity index (χ4v) is 0.951. The molecule has 1 nitrogen and oxygen atoms in total. The van der Waals surface area contributed by atoms with Crippen molar-refractivity contribution in [1.82, 2.24) is 0 Å². The van der Waals surface area contributed by atoms with Crippen LogP contribution in [0.4, 0.5) is 13.2 Å². The summed E-state index contributed by atoms with van der Waals surface area (Å²) in [4.78, 5) is 0. The van der Waals surface area contributed by atoms with Gasteiger partial charge in [0.25, 0.3) is 0 Å².